The minimum absolute atomic E-state index is 0.113. The Morgan fingerprint density at radius 1 is 0.857 bits per heavy atom. The molecule has 1 saturated heterocycles. The molecule has 0 bridgehead atoms. The summed E-state index contributed by atoms with van der Waals surface area (Å²) in [6.45, 7) is 2.41. The molecule has 3 aromatic rings. The van der Waals surface area contributed by atoms with Crippen LogP contribution in [0.1, 0.15) is 27.6 Å². The van der Waals surface area contributed by atoms with E-state index in [-0.39, 0.29) is 18.1 Å². The van der Waals surface area contributed by atoms with Gasteiger partial charge in [0.25, 0.3) is 5.91 Å². The van der Waals surface area contributed by atoms with Crippen LogP contribution in [0.25, 0.3) is 0 Å². The van der Waals surface area contributed by atoms with Crippen molar-refractivity contribution in [2.24, 2.45) is 0 Å². The lowest BCUT2D eigenvalue weighted by atomic mass is 10.1. The molecule has 0 radical (unpaired) electrons. The quantitative estimate of drug-likeness (QED) is 0.337. The molecule has 1 amide bonds. The number of nitrogens with zero attached hydrogens (tertiary/aromatic N) is 2. The second-order valence-electron chi connectivity index (χ2n) is 8.24. The number of carbonyl (C=O) groups excluding carboxylic acids is 1. The minimum atomic E-state index is -0.648. The first-order valence-electron chi connectivity index (χ1n) is 11.1. The van der Waals surface area contributed by atoms with E-state index in [1.54, 1.807) is 35.2 Å². The summed E-state index contributed by atoms with van der Waals surface area (Å²) in [5, 5.41) is 1.22. The lowest BCUT2D eigenvalue weighted by molar-refractivity contribution is 0.00145. The number of hydrogen-bond donors (Lipinski definition) is 0. The zero-order valence-corrected chi connectivity index (χ0v) is 21.0. The average Bonchev–Trinajstić information content (AvgIpc) is 2.84. The molecule has 0 saturated carbocycles. The zero-order valence-electron chi connectivity index (χ0n) is 18.7. The summed E-state index contributed by atoms with van der Waals surface area (Å²) in [6.07, 6.45) is -0.452. The summed E-state index contributed by atoms with van der Waals surface area (Å²) < 4.78 is 34.3. The highest BCUT2D eigenvalue weighted by molar-refractivity contribution is 6.39. The third kappa shape index (κ3) is 6.32. The molecule has 1 unspecified atom stereocenters. The van der Waals surface area contributed by atoms with Crippen LogP contribution in [0.2, 0.25) is 15.1 Å². The van der Waals surface area contributed by atoms with Gasteiger partial charge in [-0.25, -0.2) is 8.78 Å². The molecule has 1 atom stereocenters. The number of halogens is 5. The maximum atomic E-state index is 14.1. The molecule has 184 valence electrons. The minimum Gasteiger partial charge on any atom is -0.367 e. The van der Waals surface area contributed by atoms with E-state index in [0.29, 0.717) is 53.4 Å². The van der Waals surface area contributed by atoms with Crippen molar-refractivity contribution in [3.8, 4) is 0 Å². The Kier molecular flexibility index (Phi) is 8.63. The van der Waals surface area contributed by atoms with E-state index < -0.39 is 17.7 Å². The number of rotatable bonds is 7. The molecule has 0 aromatic heterocycles. The molecule has 3 aromatic carbocycles. The van der Waals surface area contributed by atoms with Gasteiger partial charge in [0, 0.05) is 43.3 Å². The second kappa shape index (κ2) is 11.7. The average molecular weight is 540 g/mol. The first kappa shape index (κ1) is 25.9. The summed E-state index contributed by atoms with van der Waals surface area (Å²) in [7, 11) is 0. The smallest absolute Gasteiger partial charge is 0.256 e. The largest absolute Gasteiger partial charge is 0.367 e. The normalized spacial score (nSPS) is 15.3. The number of amides is 1. The van der Waals surface area contributed by atoms with E-state index in [1.807, 2.05) is 12.1 Å². The van der Waals surface area contributed by atoms with Gasteiger partial charge in [0.1, 0.15) is 11.6 Å². The van der Waals surface area contributed by atoms with Gasteiger partial charge in [0.15, 0.2) is 0 Å². The van der Waals surface area contributed by atoms with Crippen molar-refractivity contribution in [3.05, 3.63) is 104 Å². The van der Waals surface area contributed by atoms with Gasteiger partial charge in [0.2, 0.25) is 0 Å². The van der Waals surface area contributed by atoms with Crippen molar-refractivity contribution in [1.29, 1.82) is 0 Å². The molecule has 1 heterocycles. The second-order valence-corrected chi connectivity index (χ2v) is 9.49. The van der Waals surface area contributed by atoms with Gasteiger partial charge in [-0.05, 0) is 42.0 Å². The first-order valence-corrected chi connectivity index (χ1v) is 12.2. The van der Waals surface area contributed by atoms with Crippen LogP contribution in [-0.4, -0.2) is 48.4 Å². The summed E-state index contributed by atoms with van der Waals surface area (Å²) in [5.41, 5.74) is 1.03. The molecule has 0 N–H and O–H groups in total. The lowest BCUT2D eigenvalue weighted by Crippen LogP contribution is -2.49. The van der Waals surface area contributed by atoms with Gasteiger partial charge in [-0.15, -0.1) is 0 Å². The summed E-state index contributed by atoms with van der Waals surface area (Å²) >= 11 is 18.4. The van der Waals surface area contributed by atoms with Gasteiger partial charge < -0.3 is 9.64 Å². The number of ether oxygens (including phenoxy) is 1. The van der Waals surface area contributed by atoms with E-state index in [9.17, 15) is 13.6 Å². The zero-order chi connectivity index (χ0) is 24.9. The molecule has 35 heavy (non-hydrogen) atoms. The van der Waals surface area contributed by atoms with Crippen molar-refractivity contribution >= 4 is 40.7 Å². The van der Waals surface area contributed by atoms with Crippen LogP contribution in [0.3, 0.4) is 0 Å². The summed E-state index contributed by atoms with van der Waals surface area (Å²) in [6, 6.07) is 15.9. The maximum absolute atomic E-state index is 14.1. The molecule has 0 spiro atoms. The SMILES string of the molecule is O=C(c1c(Cl)cccc1Cl)N1CCN(CC(OCc2c(F)cccc2F)c2ccc(Cl)cc2)CC1. The van der Waals surface area contributed by atoms with E-state index in [4.69, 9.17) is 39.5 Å². The number of carbonyl (C=O) groups is 1. The van der Waals surface area contributed by atoms with Crippen molar-refractivity contribution in [3.63, 3.8) is 0 Å². The number of benzene rings is 3. The van der Waals surface area contributed by atoms with Gasteiger partial charge in [0.05, 0.1) is 28.3 Å². The Balaban J connectivity index is 1.43. The van der Waals surface area contributed by atoms with Gasteiger partial charge in [-0.1, -0.05) is 59.1 Å². The van der Waals surface area contributed by atoms with E-state index in [2.05, 4.69) is 4.90 Å². The fourth-order valence-corrected chi connectivity index (χ4v) is 4.70. The Hall–Kier alpha value is -2.22. The van der Waals surface area contributed by atoms with E-state index >= 15 is 0 Å². The third-order valence-electron chi connectivity index (χ3n) is 5.99. The highest BCUT2D eigenvalue weighted by atomic mass is 35.5. The Bertz CT molecular complexity index is 1150. The van der Waals surface area contributed by atoms with Gasteiger partial charge in [-0.3, -0.25) is 9.69 Å². The summed E-state index contributed by atoms with van der Waals surface area (Å²) in [5.74, 6) is -1.50. The predicted octanol–water partition coefficient (Wildman–Crippen LogP) is 6.64. The molecule has 0 aliphatic carbocycles. The monoisotopic (exact) mass is 538 g/mol. The molecule has 4 rings (SSSR count). The highest BCUT2D eigenvalue weighted by Crippen LogP contribution is 2.27. The maximum Gasteiger partial charge on any atom is 0.256 e. The fraction of sp³-hybridized carbons (Fsp3) is 0.269. The third-order valence-corrected chi connectivity index (χ3v) is 6.87. The molecule has 1 aliphatic rings. The van der Waals surface area contributed by atoms with Gasteiger partial charge in [-0.2, -0.15) is 0 Å². The van der Waals surface area contributed by atoms with Crippen molar-refractivity contribution < 1.29 is 18.3 Å². The van der Waals surface area contributed by atoms with Crippen LogP contribution in [0.5, 0.6) is 0 Å². The van der Waals surface area contributed by atoms with Crippen LogP contribution in [0.15, 0.2) is 60.7 Å². The van der Waals surface area contributed by atoms with Crippen LogP contribution in [0, 0.1) is 11.6 Å². The molecular weight excluding hydrogens is 517 g/mol. The number of piperazine rings is 1. The van der Waals surface area contributed by atoms with Crippen LogP contribution >= 0.6 is 34.8 Å². The molecular formula is C26H23Cl3F2N2O2. The topological polar surface area (TPSA) is 32.8 Å². The van der Waals surface area contributed by atoms with Crippen molar-refractivity contribution in [1.82, 2.24) is 9.80 Å². The van der Waals surface area contributed by atoms with Crippen molar-refractivity contribution in [2.45, 2.75) is 12.7 Å². The lowest BCUT2D eigenvalue weighted by Gasteiger charge is -2.36. The van der Waals surface area contributed by atoms with Gasteiger partial charge >= 0.3 is 0 Å². The van der Waals surface area contributed by atoms with E-state index in [0.717, 1.165) is 5.56 Å². The number of hydrogen-bond acceptors (Lipinski definition) is 3. The van der Waals surface area contributed by atoms with Crippen LogP contribution in [0.4, 0.5) is 8.78 Å². The predicted molar refractivity (Wildman–Crippen MR) is 134 cm³/mol. The van der Waals surface area contributed by atoms with E-state index in [1.165, 1.54) is 18.2 Å². The summed E-state index contributed by atoms with van der Waals surface area (Å²) in [4.78, 5) is 16.8. The molecule has 1 aliphatic heterocycles. The fourth-order valence-electron chi connectivity index (χ4n) is 4.01. The van der Waals surface area contributed by atoms with Crippen LogP contribution in [-0.2, 0) is 11.3 Å². The van der Waals surface area contributed by atoms with Crippen LogP contribution < -0.4 is 0 Å². The van der Waals surface area contributed by atoms with Crippen molar-refractivity contribution in [2.75, 3.05) is 32.7 Å². The Morgan fingerprint density at radius 3 is 2.03 bits per heavy atom. The molecule has 9 heteroatoms. The molecule has 1 fully saturated rings. The highest BCUT2D eigenvalue weighted by Gasteiger charge is 2.27. The Labute approximate surface area is 217 Å². The Morgan fingerprint density at radius 2 is 1.43 bits per heavy atom. The molecule has 4 nitrogen and oxygen atoms in total. The standard InChI is InChI=1S/C26H23Cl3F2N2O2/c27-18-9-7-17(8-10-18)24(35-16-19-22(30)5-2-6-23(19)31)15-32-11-13-33(14-12-32)26(34)25-20(28)3-1-4-21(25)29/h1-10,24H,11-16H2. The first-order chi connectivity index (χ1) is 16.8.